The number of carboxylic acids is 1. The Labute approximate surface area is 239 Å². The number of hydrogen-bond donors (Lipinski definition) is 2. The lowest BCUT2D eigenvalue weighted by molar-refractivity contribution is -0.145. The summed E-state index contributed by atoms with van der Waals surface area (Å²) < 4.78 is 17.5. The molecule has 2 heterocycles. The summed E-state index contributed by atoms with van der Waals surface area (Å²) >= 11 is 0. The lowest BCUT2D eigenvalue weighted by atomic mass is 9.93. The molecule has 41 heavy (non-hydrogen) atoms. The number of fused-ring (bicyclic) bond motifs is 3. The smallest absolute Gasteiger partial charge is 0.330 e. The van der Waals surface area contributed by atoms with Gasteiger partial charge in [0.25, 0.3) is 0 Å². The molecule has 3 aliphatic rings. The lowest BCUT2D eigenvalue weighted by Crippen LogP contribution is -2.49. The van der Waals surface area contributed by atoms with Gasteiger partial charge in [-0.25, -0.2) is 4.79 Å². The normalized spacial score (nSPS) is 29.1. The number of rotatable bonds is 6. The van der Waals surface area contributed by atoms with E-state index in [1.807, 2.05) is 38.1 Å². The van der Waals surface area contributed by atoms with Crippen molar-refractivity contribution in [3.05, 3.63) is 29.8 Å². The molecule has 2 amide bonds. The molecule has 1 aromatic heterocycles. The van der Waals surface area contributed by atoms with E-state index in [4.69, 9.17) is 14.2 Å². The topological polar surface area (TPSA) is 140 Å². The van der Waals surface area contributed by atoms with Gasteiger partial charge in [-0.05, 0) is 64.5 Å². The molecule has 2 fully saturated rings. The molecule has 5 atom stereocenters. The van der Waals surface area contributed by atoms with Crippen LogP contribution < -0.4 is 19.5 Å². The van der Waals surface area contributed by atoms with Gasteiger partial charge in [0, 0.05) is 25.1 Å². The van der Waals surface area contributed by atoms with Gasteiger partial charge in [0.1, 0.15) is 17.4 Å². The van der Waals surface area contributed by atoms with E-state index in [1.54, 1.807) is 19.1 Å². The van der Waals surface area contributed by atoms with Crippen molar-refractivity contribution < 1.29 is 33.7 Å². The SMILES string of the molecule is CCOc1nc(OC2CC3C(=O)NC4(C(=O)O)CC4/C=C/CCCCN(C)C(=O)C3C2)c2ccc(OC)c(C)c2n1. The van der Waals surface area contributed by atoms with Crippen LogP contribution in [0.25, 0.3) is 10.9 Å². The highest BCUT2D eigenvalue weighted by atomic mass is 16.5. The summed E-state index contributed by atoms with van der Waals surface area (Å²) in [5.41, 5.74) is 0.0993. The summed E-state index contributed by atoms with van der Waals surface area (Å²) in [6.45, 7) is 4.68. The van der Waals surface area contributed by atoms with Crippen molar-refractivity contribution in [2.45, 2.75) is 64.0 Å². The van der Waals surface area contributed by atoms with Gasteiger partial charge in [-0.1, -0.05) is 12.2 Å². The molecule has 5 unspecified atom stereocenters. The number of nitrogens with zero attached hydrogens (tertiary/aromatic N) is 3. The van der Waals surface area contributed by atoms with Crippen LogP contribution in [0, 0.1) is 24.7 Å². The van der Waals surface area contributed by atoms with Crippen molar-refractivity contribution >= 4 is 28.7 Å². The first-order valence-electron chi connectivity index (χ1n) is 14.3. The standard InChI is InChI=1S/C30H38N4O7/c1-5-40-29-31-24-17(2)23(39-4)12-11-20(24)26(32-29)41-19-14-21-22(15-19)27(36)34(3)13-9-7-6-8-10-18-16-30(18,28(37)38)33-25(21)35/h8,10-12,18-19,21-22H,5-7,9,13-16H2,1-4H3,(H,33,35)(H,37,38)/b10-8+. The molecule has 2 aromatic rings. The van der Waals surface area contributed by atoms with Crippen molar-refractivity contribution in [3.63, 3.8) is 0 Å². The Morgan fingerprint density at radius 1 is 1.20 bits per heavy atom. The van der Waals surface area contributed by atoms with Crippen molar-refractivity contribution in [3.8, 4) is 17.6 Å². The number of aryl methyl sites for hydroxylation is 1. The van der Waals surface area contributed by atoms with E-state index in [0.29, 0.717) is 48.5 Å². The van der Waals surface area contributed by atoms with E-state index in [-0.39, 0.29) is 24.3 Å². The van der Waals surface area contributed by atoms with E-state index >= 15 is 0 Å². The minimum atomic E-state index is -1.33. The zero-order valence-electron chi connectivity index (χ0n) is 24.0. The molecular formula is C30H38N4O7. The second kappa shape index (κ2) is 11.5. The lowest BCUT2D eigenvalue weighted by Gasteiger charge is -2.26. The fourth-order valence-corrected chi connectivity index (χ4v) is 6.12. The molecular weight excluding hydrogens is 528 g/mol. The van der Waals surface area contributed by atoms with Crippen LogP contribution in [-0.4, -0.2) is 76.7 Å². The number of nitrogens with one attached hydrogen (secondary N) is 1. The van der Waals surface area contributed by atoms with Gasteiger partial charge < -0.3 is 29.5 Å². The molecule has 0 radical (unpaired) electrons. The number of aliphatic carboxylic acids is 1. The first-order valence-corrected chi connectivity index (χ1v) is 14.3. The highest BCUT2D eigenvalue weighted by Gasteiger charge is 2.61. The van der Waals surface area contributed by atoms with Crippen molar-refractivity contribution in [2.24, 2.45) is 17.8 Å². The van der Waals surface area contributed by atoms with Gasteiger partial charge >= 0.3 is 12.0 Å². The fourth-order valence-electron chi connectivity index (χ4n) is 6.12. The Morgan fingerprint density at radius 2 is 1.98 bits per heavy atom. The van der Waals surface area contributed by atoms with Crippen LogP contribution >= 0.6 is 0 Å². The maximum absolute atomic E-state index is 13.6. The average Bonchev–Trinajstić information content (AvgIpc) is 3.48. The third-order valence-electron chi connectivity index (χ3n) is 8.56. The summed E-state index contributed by atoms with van der Waals surface area (Å²) in [6, 6.07) is 3.80. The van der Waals surface area contributed by atoms with Crippen LogP contribution in [-0.2, 0) is 14.4 Å². The maximum Gasteiger partial charge on any atom is 0.330 e. The zero-order valence-corrected chi connectivity index (χ0v) is 24.0. The monoisotopic (exact) mass is 566 g/mol. The number of amides is 2. The number of carboxylic acid groups (broad SMARTS) is 1. The molecule has 1 aromatic carbocycles. The third-order valence-corrected chi connectivity index (χ3v) is 8.56. The maximum atomic E-state index is 13.6. The first kappa shape index (κ1) is 28.6. The molecule has 5 rings (SSSR count). The quantitative estimate of drug-likeness (QED) is 0.504. The minimum absolute atomic E-state index is 0.135. The van der Waals surface area contributed by atoms with Crippen LogP contribution in [0.1, 0.15) is 51.0 Å². The number of allylic oxidation sites excluding steroid dienone is 1. The summed E-state index contributed by atoms with van der Waals surface area (Å²) in [6.07, 6.45) is 6.78. The Balaban J connectivity index is 1.46. The zero-order chi connectivity index (χ0) is 29.3. The van der Waals surface area contributed by atoms with Crippen LogP contribution in [0.5, 0.6) is 17.6 Å². The Kier molecular flexibility index (Phi) is 8.06. The number of methoxy groups -OCH3 is 1. The molecule has 0 bridgehead atoms. The van der Waals surface area contributed by atoms with Crippen LogP contribution in [0.4, 0.5) is 0 Å². The van der Waals surface area contributed by atoms with E-state index in [1.165, 1.54) is 0 Å². The van der Waals surface area contributed by atoms with E-state index in [2.05, 4.69) is 15.3 Å². The number of carbonyl (C=O) groups excluding carboxylic acids is 2. The molecule has 1 aliphatic heterocycles. The highest BCUT2D eigenvalue weighted by Crippen LogP contribution is 2.46. The molecule has 0 spiro atoms. The van der Waals surface area contributed by atoms with E-state index in [0.717, 1.165) is 24.8 Å². The van der Waals surface area contributed by atoms with Gasteiger partial charge in [0.2, 0.25) is 17.7 Å². The number of carbonyl (C=O) groups is 3. The van der Waals surface area contributed by atoms with E-state index in [9.17, 15) is 19.5 Å². The molecule has 2 N–H and O–H groups in total. The molecule has 11 nitrogen and oxygen atoms in total. The second-order valence-electron chi connectivity index (χ2n) is 11.2. The molecule has 2 saturated carbocycles. The van der Waals surface area contributed by atoms with Gasteiger partial charge in [-0.3, -0.25) is 9.59 Å². The first-order chi connectivity index (χ1) is 19.7. The van der Waals surface area contributed by atoms with Crippen LogP contribution in [0.3, 0.4) is 0 Å². The van der Waals surface area contributed by atoms with Gasteiger partial charge in [0.15, 0.2) is 0 Å². The summed E-state index contributed by atoms with van der Waals surface area (Å²) in [5, 5.41) is 13.5. The summed E-state index contributed by atoms with van der Waals surface area (Å²) in [5.74, 6) is -2.30. The molecule has 11 heteroatoms. The van der Waals surface area contributed by atoms with Gasteiger partial charge in [-0.2, -0.15) is 9.97 Å². The average molecular weight is 567 g/mol. The van der Waals surface area contributed by atoms with Crippen molar-refractivity contribution in [1.82, 2.24) is 20.2 Å². The third kappa shape index (κ3) is 5.54. The molecule has 220 valence electrons. The minimum Gasteiger partial charge on any atom is -0.496 e. The molecule has 2 aliphatic carbocycles. The molecule has 0 saturated heterocycles. The van der Waals surface area contributed by atoms with Crippen LogP contribution in [0.15, 0.2) is 24.3 Å². The predicted molar refractivity (Wildman–Crippen MR) is 150 cm³/mol. The second-order valence-corrected chi connectivity index (χ2v) is 11.2. The Hall–Kier alpha value is -3.89. The summed E-state index contributed by atoms with van der Waals surface area (Å²) in [7, 11) is 3.35. The Morgan fingerprint density at radius 3 is 2.71 bits per heavy atom. The Bertz CT molecular complexity index is 1380. The van der Waals surface area contributed by atoms with Crippen LogP contribution in [0.2, 0.25) is 0 Å². The largest absolute Gasteiger partial charge is 0.496 e. The number of benzene rings is 1. The highest BCUT2D eigenvalue weighted by molar-refractivity contribution is 5.94. The number of hydrogen-bond acceptors (Lipinski definition) is 8. The number of ether oxygens (including phenoxy) is 3. The van der Waals surface area contributed by atoms with E-state index < -0.39 is 35.4 Å². The predicted octanol–water partition coefficient (Wildman–Crippen LogP) is 3.28. The number of aromatic nitrogens is 2. The van der Waals surface area contributed by atoms with Gasteiger partial charge in [-0.15, -0.1) is 0 Å². The summed E-state index contributed by atoms with van der Waals surface area (Å²) in [4.78, 5) is 50.2. The van der Waals surface area contributed by atoms with Crippen molar-refractivity contribution in [2.75, 3.05) is 27.3 Å². The van der Waals surface area contributed by atoms with Gasteiger partial charge in [0.05, 0.1) is 36.5 Å². The van der Waals surface area contributed by atoms with Crippen molar-refractivity contribution in [1.29, 1.82) is 0 Å². The fraction of sp³-hybridized carbons (Fsp3) is 0.567.